The molecular formula is C69H135N25O6+6. The van der Waals surface area contributed by atoms with E-state index in [-0.39, 0.29) is 36.3 Å². The van der Waals surface area contributed by atoms with Crippen molar-refractivity contribution in [1.29, 1.82) is 0 Å². The Balaban J connectivity index is 1.00. The van der Waals surface area contributed by atoms with Crippen LogP contribution in [0.25, 0.3) is 0 Å². The van der Waals surface area contributed by atoms with E-state index < -0.39 is 66.5 Å². The number of nitrogens with one attached hydrogen (secondary N) is 9. The van der Waals surface area contributed by atoms with E-state index in [1.54, 1.807) is 30.4 Å². The zero-order chi connectivity index (χ0) is 74.2. The number of hydrogen-bond donors (Lipinski definition) is 9. The third-order valence-corrected chi connectivity index (χ3v) is 22.3. The highest BCUT2D eigenvalue weighted by Gasteiger charge is 2.54. The molecule has 0 radical (unpaired) electrons. The van der Waals surface area contributed by atoms with Gasteiger partial charge in [0.2, 0.25) is 53.5 Å². The Labute approximate surface area is 595 Å². The maximum absolute atomic E-state index is 9.00. The van der Waals surface area contributed by atoms with Crippen LogP contribution >= 0.6 is 0 Å². The third kappa shape index (κ3) is 18.6. The minimum Gasteiger partial charge on any atom is -0.353 e. The Kier molecular flexibility index (Phi) is 22.3. The molecule has 6 fully saturated rings. The topological polar surface area (TPSA) is 384 Å². The maximum atomic E-state index is 9.00. The van der Waals surface area contributed by atoms with Crippen molar-refractivity contribution in [1.82, 2.24) is 80.1 Å². The van der Waals surface area contributed by atoms with Gasteiger partial charge in [0.25, 0.3) is 0 Å². The molecular weight excluding hydrogens is 1270 g/mol. The van der Waals surface area contributed by atoms with E-state index in [2.05, 4.69) is 219 Å². The van der Waals surface area contributed by atoms with Crippen LogP contribution in [0.2, 0.25) is 0 Å². The first kappa shape index (κ1) is 78.8. The lowest BCUT2D eigenvalue weighted by Gasteiger charge is -2.48. The molecule has 0 amide bonds. The van der Waals surface area contributed by atoms with Crippen LogP contribution in [0.3, 0.4) is 0 Å². The third-order valence-electron chi connectivity index (χ3n) is 22.3. The lowest BCUT2D eigenvalue weighted by atomic mass is 9.79. The van der Waals surface area contributed by atoms with E-state index in [4.69, 9.17) is 76.1 Å². The van der Waals surface area contributed by atoms with Gasteiger partial charge in [0, 0.05) is 75.5 Å². The molecule has 9 heterocycles. The van der Waals surface area contributed by atoms with Crippen LogP contribution in [0.4, 0.5) is 53.5 Å². The molecule has 0 aliphatic carbocycles. The van der Waals surface area contributed by atoms with Gasteiger partial charge in [-0.15, -0.1) is 0 Å². The van der Waals surface area contributed by atoms with Gasteiger partial charge in [0.15, 0.2) is 0 Å². The molecule has 0 saturated carbocycles. The van der Waals surface area contributed by atoms with Crippen molar-refractivity contribution in [2.24, 2.45) is 0 Å². The normalized spacial score (nSPS) is 25.8. The number of rotatable bonds is 24. The molecule has 0 aromatic carbocycles. The number of aromatic nitrogens is 9. The predicted octanol–water partition coefficient (Wildman–Crippen LogP) is 5.62. The molecule has 3 aromatic heterocycles. The SMILES string of the molecule is CC1(C)CC(Nc2nc(NCCN(CCNc3nc(NC4CC(C)(C)N([OH2+])C(C)(C)C4)nc(NC4CC(C)(C)N([OH2+])C(C)(C)C4)n3)CCNc3nc(NC4CC(C)(C)N([OH2+])C(C)(C)C4)nc(NC4CC(C)(C)N([OH2+])C(C)(C)C4)n3)nc(NC3CC(C)(C)N([OH2+])C(C)(C)C3)n2)CC(C)(C)N1[OH2+]. The first-order valence-electron chi connectivity index (χ1n) is 36.7. The van der Waals surface area contributed by atoms with E-state index >= 15 is 0 Å². The summed E-state index contributed by atoms with van der Waals surface area (Å²) in [7, 11) is 0. The van der Waals surface area contributed by atoms with Gasteiger partial charge >= 0.3 is 0 Å². The zero-order valence-electron chi connectivity index (χ0n) is 65.3. The molecule has 0 bridgehead atoms. The van der Waals surface area contributed by atoms with E-state index in [9.17, 15) is 0 Å². The van der Waals surface area contributed by atoms with Crippen molar-refractivity contribution in [3.8, 4) is 0 Å². The van der Waals surface area contributed by atoms with Gasteiger partial charge in [0.1, 0.15) is 0 Å². The van der Waals surface area contributed by atoms with Crippen molar-refractivity contribution >= 4 is 53.5 Å². The van der Waals surface area contributed by atoms with Crippen molar-refractivity contribution < 1.29 is 31.2 Å². The monoisotopic (exact) mass is 1410 g/mol. The van der Waals surface area contributed by atoms with Crippen LogP contribution < -0.4 is 47.9 Å². The first-order valence-corrected chi connectivity index (χ1v) is 36.7. The fourth-order valence-electron chi connectivity index (χ4n) is 18.5. The molecule has 6 saturated heterocycles. The molecule has 0 spiro atoms. The van der Waals surface area contributed by atoms with E-state index in [1.165, 1.54) is 0 Å². The quantitative estimate of drug-likeness (QED) is 0.0491. The summed E-state index contributed by atoms with van der Waals surface area (Å²) in [6.45, 7) is 53.8. The summed E-state index contributed by atoms with van der Waals surface area (Å²) in [5.41, 5.74) is -4.79. The number of anilines is 9. The van der Waals surface area contributed by atoms with Gasteiger partial charge in [0.05, 0.1) is 66.5 Å². The summed E-state index contributed by atoms with van der Waals surface area (Å²) in [5, 5.41) is 97.3. The lowest BCUT2D eigenvalue weighted by molar-refractivity contribution is -0.243. The average Bonchev–Trinajstić information content (AvgIpc) is 0.802. The fraction of sp³-hybridized carbons (Fsp3) is 0.870. The van der Waals surface area contributed by atoms with Crippen LogP contribution in [0, 0.1) is 0 Å². The summed E-state index contributed by atoms with van der Waals surface area (Å²) in [4.78, 5) is 47.7. The average molecular weight is 1410 g/mol. The van der Waals surface area contributed by atoms with Crippen molar-refractivity contribution in [2.75, 3.05) is 87.1 Å². The second kappa shape index (κ2) is 28.3. The van der Waals surface area contributed by atoms with Gasteiger partial charge < -0.3 is 79.1 Å². The molecule has 21 N–H and O–H groups in total. The molecule has 6 aliphatic heterocycles. The Morgan fingerprint density at radius 1 is 0.240 bits per heavy atom. The minimum atomic E-state index is -0.399. The molecule has 566 valence electrons. The highest BCUT2D eigenvalue weighted by molar-refractivity contribution is 5.47. The second-order valence-electron chi connectivity index (χ2n) is 37.8. The van der Waals surface area contributed by atoms with Crippen LogP contribution in [0.1, 0.15) is 243 Å². The Hall–Kier alpha value is -5.29. The summed E-state index contributed by atoms with van der Waals surface area (Å²) in [6.07, 6.45) is 8.62. The van der Waals surface area contributed by atoms with E-state index in [1.807, 2.05) is 0 Å². The summed E-state index contributed by atoms with van der Waals surface area (Å²) < 4.78 is 0. The summed E-state index contributed by atoms with van der Waals surface area (Å²) >= 11 is 0. The van der Waals surface area contributed by atoms with Crippen LogP contribution in [0.5, 0.6) is 0 Å². The largest absolute Gasteiger partial charge is 0.353 e. The van der Waals surface area contributed by atoms with Crippen LogP contribution in [-0.4, -0.2) is 253 Å². The van der Waals surface area contributed by atoms with E-state index in [0.717, 1.165) is 77.0 Å². The molecule has 31 nitrogen and oxygen atoms in total. The smallest absolute Gasteiger partial charge is 0.229 e. The second-order valence-corrected chi connectivity index (χ2v) is 37.8. The standard InChI is InChI=1S/C69H129N25O6/c1-58(2)31-43(32-59(3,4)89(58)95)73-52-79-49(80-53(85-52)74-44-33-60(5,6)90(96)61(7,8)34-44)70-25-28-88(29-26-71-50-81-54(75-45-35-62(9,10)91(97)63(11,12)36-45)86-55(82-50)76-46-37-64(13,14)92(98)65(15,16)38-46)30-27-72-51-83-56(77-47-39-66(17,18)93(99)67(19,20)40-47)87-57(84-51)78-48-41-68(21,22)94(100)69(23,24)42-48/h43-48,95-100H,25-42H2,1-24H3,(H3,70,73,74,79,80,85)(H3,71,75,76,81,82,86)(H3,72,77,78,83,84,87)/p+6. The highest BCUT2D eigenvalue weighted by atomic mass is 16.5. The molecule has 3 aromatic rings. The van der Waals surface area contributed by atoms with Gasteiger partial charge in [-0.25, -0.2) is 0 Å². The van der Waals surface area contributed by atoms with Crippen molar-refractivity contribution in [3.05, 3.63) is 0 Å². The molecule has 0 atom stereocenters. The van der Waals surface area contributed by atoms with Crippen molar-refractivity contribution in [3.63, 3.8) is 0 Å². The van der Waals surface area contributed by atoms with Gasteiger partial charge in [-0.3, -0.25) is 4.90 Å². The summed E-state index contributed by atoms with van der Waals surface area (Å²) in [5.74, 6) is 3.94. The van der Waals surface area contributed by atoms with Crippen molar-refractivity contribution in [2.45, 2.75) is 346 Å². The Morgan fingerprint density at radius 2 is 0.360 bits per heavy atom. The van der Waals surface area contributed by atoms with Crippen LogP contribution in [-0.2, 0) is 0 Å². The Morgan fingerprint density at radius 3 is 0.490 bits per heavy atom. The van der Waals surface area contributed by atoms with E-state index in [0.29, 0.717) is 92.8 Å². The maximum Gasteiger partial charge on any atom is 0.229 e. The number of hydrogen-bond acceptors (Lipinski definition) is 25. The van der Waals surface area contributed by atoms with Gasteiger partial charge in [-0.1, -0.05) is 30.4 Å². The van der Waals surface area contributed by atoms with Crippen LogP contribution in [0.15, 0.2) is 0 Å². The van der Waals surface area contributed by atoms with Gasteiger partial charge in [-0.05, 0) is 243 Å². The molecule has 31 heteroatoms. The predicted molar refractivity (Wildman–Crippen MR) is 403 cm³/mol. The summed E-state index contributed by atoms with van der Waals surface area (Å²) in [6, 6.07) is -0.0516. The number of nitrogens with zero attached hydrogens (tertiary/aromatic N) is 16. The molecule has 6 aliphatic rings. The minimum absolute atomic E-state index is 0.00861. The number of piperidine rings is 6. The molecule has 9 rings (SSSR count). The molecule has 0 unspecified atom stereocenters. The number of hydroxylamine groups is 12. The fourth-order valence-corrected chi connectivity index (χ4v) is 18.5. The lowest BCUT2D eigenvalue weighted by Crippen LogP contribution is -2.61. The first-order chi connectivity index (χ1) is 45.8. The highest BCUT2D eigenvalue weighted by Crippen LogP contribution is 2.44. The van der Waals surface area contributed by atoms with Gasteiger partial charge in [-0.2, -0.15) is 44.9 Å². The Bertz CT molecular complexity index is 2660. The zero-order valence-corrected chi connectivity index (χ0v) is 65.3. The molecule has 100 heavy (non-hydrogen) atoms.